The fourth-order valence-corrected chi connectivity index (χ4v) is 3.72. The number of carbonyl (C=O) groups is 3. The first-order chi connectivity index (χ1) is 14.4. The van der Waals surface area contributed by atoms with Crippen LogP contribution in [0.1, 0.15) is 43.7 Å². The summed E-state index contributed by atoms with van der Waals surface area (Å²) in [5.41, 5.74) is 4.47. The molecular weight excluding hydrogens is 384 g/mol. The number of aliphatic carboxylic acids is 1. The molecule has 0 aliphatic heterocycles. The molecule has 3 rings (SSSR count). The molecule has 3 N–H and O–H groups in total. The molecule has 0 unspecified atom stereocenters. The third kappa shape index (κ3) is 4.62. The van der Waals surface area contributed by atoms with E-state index in [0.29, 0.717) is 12.8 Å². The molecule has 158 valence electrons. The van der Waals surface area contributed by atoms with Gasteiger partial charge in [-0.1, -0.05) is 61.9 Å². The van der Waals surface area contributed by atoms with Crippen LogP contribution in [0.5, 0.6) is 0 Å². The van der Waals surface area contributed by atoms with Gasteiger partial charge in [0.25, 0.3) is 0 Å². The van der Waals surface area contributed by atoms with Crippen molar-refractivity contribution in [3.63, 3.8) is 0 Å². The van der Waals surface area contributed by atoms with Gasteiger partial charge in [-0.15, -0.1) is 0 Å². The second-order valence-electron chi connectivity index (χ2n) is 7.38. The number of rotatable bonds is 8. The van der Waals surface area contributed by atoms with Crippen LogP contribution < -0.4 is 10.6 Å². The van der Waals surface area contributed by atoms with Crippen LogP contribution in [0.2, 0.25) is 0 Å². The molecule has 7 nitrogen and oxygen atoms in total. The van der Waals surface area contributed by atoms with E-state index in [1.807, 2.05) is 43.3 Å². The van der Waals surface area contributed by atoms with Gasteiger partial charge in [0.1, 0.15) is 18.7 Å². The maximum Gasteiger partial charge on any atom is 0.407 e. The van der Waals surface area contributed by atoms with E-state index in [0.717, 1.165) is 22.3 Å². The largest absolute Gasteiger partial charge is 0.480 e. The molecule has 2 atom stereocenters. The Morgan fingerprint density at radius 2 is 1.57 bits per heavy atom. The number of hydrogen-bond donors (Lipinski definition) is 3. The number of amides is 2. The van der Waals surface area contributed by atoms with Crippen molar-refractivity contribution in [1.29, 1.82) is 0 Å². The second-order valence-corrected chi connectivity index (χ2v) is 7.38. The first-order valence-electron chi connectivity index (χ1n) is 10.1. The summed E-state index contributed by atoms with van der Waals surface area (Å²) in [5, 5.41) is 13.9. The standard InChI is InChI=1S/C23H26N2O5/c1-3-8-20(21(26)24-14(2)22(27)28)25-23(29)30-13-19-17-11-6-4-9-15(17)16-10-5-7-12-18(16)19/h4-7,9-12,14,19-20H,3,8,13H2,1-2H3,(H,24,26)(H,25,29)(H,27,28)/t14-,20+/m0/s1. The zero-order chi connectivity index (χ0) is 21.7. The summed E-state index contributed by atoms with van der Waals surface area (Å²) in [7, 11) is 0. The number of fused-ring (bicyclic) bond motifs is 3. The molecule has 2 amide bonds. The maximum absolute atomic E-state index is 12.4. The molecule has 0 saturated heterocycles. The first-order valence-corrected chi connectivity index (χ1v) is 10.1. The number of benzene rings is 2. The lowest BCUT2D eigenvalue weighted by Gasteiger charge is -2.20. The van der Waals surface area contributed by atoms with Gasteiger partial charge >= 0.3 is 12.1 Å². The van der Waals surface area contributed by atoms with Gasteiger partial charge in [0.15, 0.2) is 0 Å². The summed E-state index contributed by atoms with van der Waals surface area (Å²) in [5.74, 6) is -1.76. The van der Waals surface area contributed by atoms with E-state index in [4.69, 9.17) is 9.84 Å². The molecule has 0 heterocycles. The Bertz CT molecular complexity index is 897. The molecule has 0 aromatic heterocycles. The third-order valence-electron chi connectivity index (χ3n) is 5.26. The van der Waals surface area contributed by atoms with Gasteiger partial charge in [0, 0.05) is 5.92 Å². The Morgan fingerprint density at radius 3 is 2.10 bits per heavy atom. The van der Waals surface area contributed by atoms with Crippen LogP contribution in [0.3, 0.4) is 0 Å². The quantitative estimate of drug-likeness (QED) is 0.619. The molecule has 0 saturated carbocycles. The Balaban J connectivity index is 1.65. The average molecular weight is 410 g/mol. The molecule has 0 fully saturated rings. The molecule has 0 bridgehead atoms. The second kappa shape index (κ2) is 9.43. The number of carboxylic acid groups (broad SMARTS) is 1. The molecule has 7 heteroatoms. The Labute approximate surface area is 175 Å². The lowest BCUT2D eigenvalue weighted by molar-refractivity contribution is -0.141. The van der Waals surface area contributed by atoms with E-state index in [1.165, 1.54) is 6.92 Å². The molecule has 0 spiro atoms. The monoisotopic (exact) mass is 410 g/mol. The van der Waals surface area contributed by atoms with Crippen molar-refractivity contribution < 1.29 is 24.2 Å². The Hall–Kier alpha value is -3.35. The summed E-state index contributed by atoms with van der Waals surface area (Å²) in [6, 6.07) is 14.2. The normalized spacial score (nSPS) is 14.2. The van der Waals surface area contributed by atoms with E-state index in [9.17, 15) is 14.4 Å². The van der Waals surface area contributed by atoms with Gasteiger partial charge in [0.05, 0.1) is 0 Å². The zero-order valence-corrected chi connectivity index (χ0v) is 17.1. The van der Waals surface area contributed by atoms with Crippen LogP contribution in [0, 0.1) is 0 Å². The van der Waals surface area contributed by atoms with Gasteiger partial charge < -0.3 is 20.5 Å². The highest BCUT2D eigenvalue weighted by Gasteiger charge is 2.30. The Kier molecular flexibility index (Phi) is 6.72. The highest BCUT2D eigenvalue weighted by Crippen LogP contribution is 2.44. The number of hydrogen-bond acceptors (Lipinski definition) is 4. The smallest absolute Gasteiger partial charge is 0.407 e. The van der Waals surface area contributed by atoms with Crippen molar-refractivity contribution in [2.45, 2.75) is 44.7 Å². The third-order valence-corrected chi connectivity index (χ3v) is 5.26. The van der Waals surface area contributed by atoms with Gasteiger partial charge in [-0.3, -0.25) is 9.59 Å². The summed E-state index contributed by atoms with van der Waals surface area (Å²) in [4.78, 5) is 35.7. The molecule has 2 aromatic carbocycles. The number of nitrogens with one attached hydrogen (secondary N) is 2. The fourth-order valence-electron chi connectivity index (χ4n) is 3.72. The summed E-state index contributed by atoms with van der Waals surface area (Å²) in [6.45, 7) is 3.39. The molecule has 2 aromatic rings. The molecule has 1 aliphatic rings. The number of alkyl carbamates (subject to hydrolysis) is 1. The number of ether oxygens (including phenoxy) is 1. The van der Waals surface area contributed by atoms with Crippen LogP contribution in [0.4, 0.5) is 4.79 Å². The average Bonchev–Trinajstić information content (AvgIpc) is 3.05. The predicted molar refractivity (Wildman–Crippen MR) is 112 cm³/mol. The lowest BCUT2D eigenvalue weighted by Crippen LogP contribution is -2.50. The van der Waals surface area contributed by atoms with Crippen molar-refractivity contribution in [2.75, 3.05) is 6.61 Å². The van der Waals surface area contributed by atoms with E-state index in [1.54, 1.807) is 0 Å². The predicted octanol–water partition coefficient (Wildman–Crippen LogP) is 3.28. The fraction of sp³-hybridized carbons (Fsp3) is 0.348. The summed E-state index contributed by atoms with van der Waals surface area (Å²) < 4.78 is 5.47. The molecule has 1 aliphatic carbocycles. The van der Waals surface area contributed by atoms with E-state index in [2.05, 4.69) is 22.8 Å². The van der Waals surface area contributed by atoms with Gasteiger partial charge in [-0.25, -0.2) is 4.79 Å². The molecule has 0 radical (unpaired) electrons. The minimum absolute atomic E-state index is 0.0753. The van der Waals surface area contributed by atoms with E-state index < -0.39 is 30.1 Å². The molecular formula is C23H26N2O5. The van der Waals surface area contributed by atoms with Crippen molar-refractivity contribution in [2.24, 2.45) is 0 Å². The minimum atomic E-state index is -1.14. The van der Waals surface area contributed by atoms with Gasteiger partial charge in [0.2, 0.25) is 5.91 Å². The lowest BCUT2D eigenvalue weighted by atomic mass is 9.98. The number of carbonyl (C=O) groups excluding carboxylic acids is 2. The SMILES string of the molecule is CCC[C@@H](NC(=O)OCC1c2ccccc2-c2ccccc21)C(=O)N[C@@H](C)C(=O)O. The number of carboxylic acids is 1. The maximum atomic E-state index is 12.4. The van der Waals surface area contributed by atoms with Crippen LogP contribution in [0.25, 0.3) is 11.1 Å². The van der Waals surface area contributed by atoms with Crippen molar-refractivity contribution in [3.8, 4) is 11.1 Å². The topological polar surface area (TPSA) is 105 Å². The van der Waals surface area contributed by atoms with E-state index in [-0.39, 0.29) is 12.5 Å². The summed E-state index contributed by atoms with van der Waals surface area (Å²) >= 11 is 0. The zero-order valence-electron chi connectivity index (χ0n) is 17.1. The van der Waals surface area contributed by atoms with Crippen molar-refractivity contribution >= 4 is 18.0 Å². The van der Waals surface area contributed by atoms with Gasteiger partial charge in [-0.05, 0) is 35.6 Å². The van der Waals surface area contributed by atoms with Crippen LogP contribution >= 0.6 is 0 Å². The van der Waals surface area contributed by atoms with E-state index >= 15 is 0 Å². The highest BCUT2D eigenvalue weighted by atomic mass is 16.5. The van der Waals surface area contributed by atoms with Crippen molar-refractivity contribution in [1.82, 2.24) is 10.6 Å². The van der Waals surface area contributed by atoms with Crippen LogP contribution in [-0.4, -0.2) is 41.8 Å². The van der Waals surface area contributed by atoms with Crippen LogP contribution in [-0.2, 0) is 14.3 Å². The molecule has 30 heavy (non-hydrogen) atoms. The van der Waals surface area contributed by atoms with Gasteiger partial charge in [-0.2, -0.15) is 0 Å². The Morgan fingerprint density at radius 1 is 1.00 bits per heavy atom. The van der Waals surface area contributed by atoms with Crippen LogP contribution in [0.15, 0.2) is 48.5 Å². The first kappa shape index (κ1) is 21.4. The minimum Gasteiger partial charge on any atom is -0.480 e. The van der Waals surface area contributed by atoms with Crippen molar-refractivity contribution in [3.05, 3.63) is 59.7 Å². The highest BCUT2D eigenvalue weighted by molar-refractivity contribution is 5.89. The summed E-state index contributed by atoms with van der Waals surface area (Å²) in [6.07, 6.45) is 0.319.